The van der Waals surface area contributed by atoms with Gasteiger partial charge in [0.05, 0.1) is 23.5 Å². The van der Waals surface area contributed by atoms with Crippen molar-refractivity contribution in [3.8, 4) is 46.3 Å². The Labute approximate surface area is 253 Å². The van der Waals surface area contributed by atoms with Crippen molar-refractivity contribution in [2.75, 3.05) is 0 Å². The van der Waals surface area contributed by atoms with Crippen LogP contribution in [0.5, 0.6) is 23.0 Å². The predicted molar refractivity (Wildman–Crippen MR) is 155 cm³/mol. The zero-order valence-corrected chi connectivity index (χ0v) is 23.6. The monoisotopic (exact) mass is 586 g/mol. The molecule has 6 rings (SSSR count). The van der Waals surface area contributed by atoms with Crippen molar-refractivity contribution in [1.82, 2.24) is 10.2 Å². The molecule has 0 bridgehead atoms. The van der Waals surface area contributed by atoms with E-state index in [9.17, 15) is 9.59 Å². The molecule has 0 radical (unpaired) electrons. The van der Waals surface area contributed by atoms with Crippen molar-refractivity contribution in [3.63, 3.8) is 0 Å². The Bertz CT molecular complexity index is 1660. The highest BCUT2D eigenvalue weighted by atomic mass is 16.5. The van der Waals surface area contributed by atoms with E-state index in [1.165, 1.54) is 0 Å². The normalized spacial score (nSPS) is 17.3. The minimum Gasteiger partial charge on any atom is -0.489 e. The van der Waals surface area contributed by atoms with Crippen LogP contribution in [0.4, 0.5) is 0 Å². The molecule has 218 valence electrons. The van der Waals surface area contributed by atoms with Crippen LogP contribution in [-0.2, 0) is 22.8 Å². The third kappa shape index (κ3) is 6.20. The maximum Gasteiger partial charge on any atom is 0.315 e. The molecule has 2 atom stereocenters. The number of carbonyl (C=O) groups is 2. The predicted octanol–water partition coefficient (Wildman–Crippen LogP) is 5.68. The molecular formula is C34H26N4O6. The molecule has 1 aliphatic carbocycles. The van der Waals surface area contributed by atoms with Gasteiger partial charge in [0.15, 0.2) is 5.69 Å². The first-order chi connectivity index (χ1) is 21.5. The van der Waals surface area contributed by atoms with E-state index in [-0.39, 0.29) is 18.9 Å². The first kappa shape index (κ1) is 28.4. The van der Waals surface area contributed by atoms with Gasteiger partial charge >= 0.3 is 11.9 Å². The number of ether oxygens (including phenoxy) is 4. The summed E-state index contributed by atoms with van der Waals surface area (Å²) in [6.45, 7) is 0.321. The number of hydrogen-bond acceptors (Lipinski definition) is 10. The second kappa shape index (κ2) is 12.6. The number of hydrogen-bond donors (Lipinski definition) is 0. The lowest BCUT2D eigenvalue weighted by atomic mass is 9.79. The van der Waals surface area contributed by atoms with E-state index >= 15 is 0 Å². The molecule has 1 saturated carbocycles. The standard InChI is InChI=1S/C34H26N4O6/c35-17-21-5-7-22(8-6-21)19-41-25-11-13-31-29(15-25)30-16-26(42-20-24-10-9-23(18-36)37-38-24)12-14-32(30)44-34(40)28-4-2-1-3-27(28)33(39)43-31/h5-16,27-28H,1-4,19-20H2/t27-,28-/m0/s1. The van der Waals surface area contributed by atoms with Crippen molar-refractivity contribution in [3.05, 3.63) is 95.3 Å². The molecule has 0 unspecified atom stereocenters. The van der Waals surface area contributed by atoms with Crippen molar-refractivity contribution in [2.45, 2.75) is 38.9 Å². The maximum absolute atomic E-state index is 13.4. The Morgan fingerprint density at radius 3 is 1.82 bits per heavy atom. The van der Waals surface area contributed by atoms with Gasteiger partial charge in [0.25, 0.3) is 0 Å². The van der Waals surface area contributed by atoms with Crippen molar-refractivity contribution >= 4 is 11.9 Å². The summed E-state index contributed by atoms with van der Waals surface area (Å²) < 4.78 is 24.0. The summed E-state index contributed by atoms with van der Waals surface area (Å²) in [5.74, 6) is -0.568. The Balaban J connectivity index is 1.35. The quantitative estimate of drug-likeness (QED) is 0.204. The number of carbonyl (C=O) groups excluding carboxylic acids is 2. The Morgan fingerprint density at radius 2 is 1.30 bits per heavy atom. The van der Waals surface area contributed by atoms with Crippen molar-refractivity contribution in [1.29, 1.82) is 10.5 Å². The summed E-state index contributed by atoms with van der Waals surface area (Å²) >= 11 is 0. The largest absolute Gasteiger partial charge is 0.489 e. The fraction of sp³-hybridized carbons (Fsp3) is 0.235. The highest BCUT2D eigenvalue weighted by Gasteiger charge is 2.39. The minimum atomic E-state index is -0.591. The summed E-state index contributed by atoms with van der Waals surface area (Å²) in [6.07, 6.45) is 2.77. The van der Waals surface area contributed by atoms with E-state index in [4.69, 9.17) is 29.5 Å². The Hall–Kier alpha value is -5.74. The molecule has 0 N–H and O–H groups in total. The van der Waals surface area contributed by atoms with Crippen LogP contribution in [0.2, 0.25) is 0 Å². The van der Waals surface area contributed by atoms with Gasteiger partial charge in [-0.1, -0.05) is 25.0 Å². The molecule has 1 fully saturated rings. The molecule has 1 aromatic heterocycles. The molecule has 10 nitrogen and oxygen atoms in total. The van der Waals surface area contributed by atoms with Crippen LogP contribution in [-0.4, -0.2) is 22.1 Å². The van der Waals surface area contributed by atoms with E-state index in [2.05, 4.69) is 16.3 Å². The first-order valence-electron chi connectivity index (χ1n) is 14.2. The maximum atomic E-state index is 13.4. The van der Waals surface area contributed by atoms with E-state index in [1.54, 1.807) is 60.7 Å². The van der Waals surface area contributed by atoms with Crippen LogP contribution in [0, 0.1) is 34.5 Å². The van der Waals surface area contributed by atoms with Crippen LogP contribution >= 0.6 is 0 Å². The minimum absolute atomic E-state index is 0.0800. The number of nitriles is 2. The second-order valence-electron chi connectivity index (χ2n) is 10.6. The lowest BCUT2D eigenvalue weighted by molar-refractivity contribution is -0.152. The second-order valence-corrected chi connectivity index (χ2v) is 10.6. The average molecular weight is 587 g/mol. The summed E-state index contributed by atoms with van der Waals surface area (Å²) in [5.41, 5.74) is 3.10. The van der Waals surface area contributed by atoms with Gasteiger partial charge < -0.3 is 18.9 Å². The van der Waals surface area contributed by atoms with Gasteiger partial charge in [0.2, 0.25) is 0 Å². The van der Waals surface area contributed by atoms with E-state index in [0.717, 1.165) is 18.4 Å². The molecular weight excluding hydrogens is 560 g/mol. The molecule has 1 aliphatic heterocycles. The molecule has 2 aliphatic rings. The molecule has 0 saturated heterocycles. The number of aromatic nitrogens is 2. The molecule has 0 amide bonds. The molecule has 2 heterocycles. The average Bonchev–Trinajstić information content (AvgIpc) is 3.07. The van der Waals surface area contributed by atoms with E-state index in [1.807, 2.05) is 18.2 Å². The topological polar surface area (TPSA) is 144 Å². The zero-order valence-electron chi connectivity index (χ0n) is 23.6. The van der Waals surface area contributed by atoms with Crippen LogP contribution in [0.3, 0.4) is 0 Å². The van der Waals surface area contributed by atoms with Crippen molar-refractivity contribution in [2.24, 2.45) is 11.8 Å². The SMILES string of the molecule is N#Cc1ccc(COc2ccc3c(c2)-c2cc(OCc4ccc(C#N)nn4)ccc2OC(=O)[C@H]2CCCC[C@@H]2C(=O)O3)cc1. The van der Waals surface area contributed by atoms with Crippen LogP contribution in [0.1, 0.15) is 48.2 Å². The van der Waals surface area contributed by atoms with Gasteiger partial charge in [-0.15, -0.1) is 5.10 Å². The summed E-state index contributed by atoms with van der Waals surface area (Å²) in [7, 11) is 0. The Morgan fingerprint density at radius 1 is 0.705 bits per heavy atom. The Kier molecular flexibility index (Phi) is 8.15. The van der Waals surface area contributed by atoms with Gasteiger partial charge in [-0.3, -0.25) is 9.59 Å². The molecule has 44 heavy (non-hydrogen) atoms. The lowest BCUT2D eigenvalue weighted by Crippen LogP contribution is -2.37. The van der Waals surface area contributed by atoms with E-state index < -0.39 is 23.8 Å². The lowest BCUT2D eigenvalue weighted by Gasteiger charge is -2.30. The van der Waals surface area contributed by atoms with E-state index in [0.29, 0.717) is 58.2 Å². The molecule has 4 aromatic rings. The number of benzene rings is 3. The molecule has 3 aromatic carbocycles. The number of rotatable bonds is 6. The zero-order chi connectivity index (χ0) is 30.5. The highest BCUT2D eigenvalue weighted by Crippen LogP contribution is 2.44. The third-order valence-electron chi connectivity index (χ3n) is 7.69. The smallest absolute Gasteiger partial charge is 0.315 e. The fourth-order valence-corrected chi connectivity index (χ4v) is 5.36. The molecule has 0 spiro atoms. The number of esters is 2. The van der Waals surface area contributed by atoms with Gasteiger partial charge in [-0.05, 0) is 79.1 Å². The fourth-order valence-electron chi connectivity index (χ4n) is 5.36. The molecule has 10 heteroatoms. The van der Waals surface area contributed by atoms with Gasteiger partial charge in [-0.2, -0.15) is 15.6 Å². The summed E-state index contributed by atoms with van der Waals surface area (Å²) in [5, 5.41) is 25.9. The third-order valence-corrected chi connectivity index (χ3v) is 7.69. The van der Waals surface area contributed by atoms with Gasteiger partial charge in [0, 0.05) is 11.1 Å². The summed E-state index contributed by atoms with van der Waals surface area (Å²) in [4.78, 5) is 26.7. The first-order valence-corrected chi connectivity index (χ1v) is 14.2. The van der Waals surface area contributed by atoms with Crippen LogP contribution < -0.4 is 18.9 Å². The van der Waals surface area contributed by atoms with Gasteiger partial charge in [-0.25, -0.2) is 0 Å². The van der Waals surface area contributed by atoms with Gasteiger partial charge in [0.1, 0.15) is 48.0 Å². The number of fused-ring (bicyclic) bond motifs is 4. The van der Waals surface area contributed by atoms with Crippen molar-refractivity contribution < 1.29 is 28.5 Å². The summed E-state index contributed by atoms with van der Waals surface area (Å²) in [6, 6.07) is 24.5. The highest BCUT2D eigenvalue weighted by molar-refractivity contribution is 5.89. The van der Waals surface area contributed by atoms with Crippen LogP contribution in [0.25, 0.3) is 11.1 Å². The van der Waals surface area contributed by atoms with Crippen LogP contribution in [0.15, 0.2) is 72.8 Å². The number of nitrogens with zero attached hydrogens (tertiary/aromatic N) is 4.